The van der Waals surface area contributed by atoms with Gasteiger partial charge in [-0.15, -0.1) is 0 Å². The van der Waals surface area contributed by atoms with E-state index in [9.17, 15) is 0 Å². The van der Waals surface area contributed by atoms with Gasteiger partial charge in [-0.3, -0.25) is 9.88 Å². The summed E-state index contributed by atoms with van der Waals surface area (Å²) < 4.78 is 0. The lowest BCUT2D eigenvalue weighted by Gasteiger charge is -2.35. The smallest absolute Gasteiger partial charge is 0.132 e. The highest BCUT2D eigenvalue weighted by Gasteiger charge is 2.26. The quantitative estimate of drug-likeness (QED) is 0.777. The van der Waals surface area contributed by atoms with Crippen LogP contribution >= 0.6 is 0 Å². The summed E-state index contributed by atoms with van der Waals surface area (Å²) in [6, 6.07) is 6.85. The van der Waals surface area contributed by atoms with E-state index in [1.165, 1.54) is 36.9 Å². The van der Waals surface area contributed by atoms with Crippen molar-refractivity contribution in [2.75, 3.05) is 25.0 Å². The van der Waals surface area contributed by atoms with Crippen molar-refractivity contribution in [3.05, 3.63) is 47.7 Å². The Morgan fingerprint density at radius 3 is 2.75 bits per heavy atom. The van der Waals surface area contributed by atoms with Crippen LogP contribution in [0.25, 0.3) is 0 Å². The fourth-order valence-corrected chi connectivity index (χ4v) is 4.82. The van der Waals surface area contributed by atoms with Gasteiger partial charge >= 0.3 is 0 Å². The predicted molar refractivity (Wildman–Crippen MR) is 113 cm³/mol. The van der Waals surface area contributed by atoms with Gasteiger partial charge < -0.3 is 4.90 Å². The van der Waals surface area contributed by atoms with Gasteiger partial charge in [0.2, 0.25) is 0 Å². The summed E-state index contributed by atoms with van der Waals surface area (Å²) >= 11 is 0. The Morgan fingerprint density at radius 2 is 1.96 bits per heavy atom. The van der Waals surface area contributed by atoms with Crippen molar-refractivity contribution in [2.24, 2.45) is 11.8 Å². The van der Waals surface area contributed by atoms with E-state index in [2.05, 4.69) is 58.9 Å². The van der Waals surface area contributed by atoms with E-state index in [1.54, 1.807) is 6.33 Å². The lowest BCUT2D eigenvalue weighted by Crippen LogP contribution is -2.36. The number of fused-ring (bicyclic) bond motifs is 1. The van der Waals surface area contributed by atoms with Gasteiger partial charge in [0.25, 0.3) is 0 Å². The maximum atomic E-state index is 4.69. The van der Waals surface area contributed by atoms with Crippen LogP contribution in [0.4, 0.5) is 5.82 Å². The lowest BCUT2D eigenvalue weighted by molar-refractivity contribution is 0.206. The third kappa shape index (κ3) is 4.19. The number of pyridine rings is 1. The van der Waals surface area contributed by atoms with Gasteiger partial charge in [-0.25, -0.2) is 9.97 Å². The number of anilines is 1. The van der Waals surface area contributed by atoms with Crippen molar-refractivity contribution < 1.29 is 0 Å². The monoisotopic (exact) mass is 379 g/mol. The molecule has 1 atom stereocenters. The van der Waals surface area contributed by atoms with Gasteiger partial charge in [0, 0.05) is 31.9 Å². The second-order valence-electron chi connectivity index (χ2n) is 8.81. The number of piperidine rings is 1. The molecule has 0 bridgehead atoms. The molecule has 1 aliphatic heterocycles. The summed E-state index contributed by atoms with van der Waals surface area (Å²) in [5.41, 5.74) is 3.75. The van der Waals surface area contributed by atoms with E-state index >= 15 is 0 Å². The first-order chi connectivity index (χ1) is 13.6. The number of rotatable bonds is 5. The van der Waals surface area contributed by atoms with Crippen LogP contribution in [0, 0.1) is 11.8 Å². The number of aryl methyl sites for hydroxylation is 1. The molecule has 5 nitrogen and oxygen atoms in total. The predicted octanol–water partition coefficient (Wildman–Crippen LogP) is 4.25. The molecular weight excluding hydrogens is 346 g/mol. The number of hydrogen-bond acceptors (Lipinski definition) is 5. The molecule has 5 heteroatoms. The molecule has 28 heavy (non-hydrogen) atoms. The highest BCUT2D eigenvalue weighted by atomic mass is 15.2. The summed E-state index contributed by atoms with van der Waals surface area (Å²) in [5, 5.41) is 0. The molecule has 1 unspecified atom stereocenters. The topological polar surface area (TPSA) is 45.2 Å². The van der Waals surface area contributed by atoms with Gasteiger partial charge in [0.15, 0.2) is 0 Å². The molecule has 2 aromatic heterocycles. The van der Waals surface area contributed by atoms with Crippen LogP contribution < -0.4 is 4.90 Å². The molecule has 0 saturated carbocycles. The lowest BCUT2D eigenvalue weighted by atomic mass is 9.87. The van der Waals surface area contributed by atoms with E-state index in [0.717, 1.165) is 49.4 Å². The molecule has 0 spiro atoms. The first-order valence-electron chi connectivity index (χ1n) is 10.8. The summed E-state index contributed by atoms with van der Waals surface area (Å²) in [7, 11) is 2.20. The molecule has 0 N–H and O–H groups in total. The zero-order valence-corrected chi connectivity index (χ0v) is 17.5. The molecule has 1 aliphatic carbocycles. The second kappa shape index (κ2) is 8.56. The Labute approximate surface area is 169 Å². The molecule has 2 aromatic rings. The first kappa shape index (κ1) is 19.3. The Balaban J connectivity index is 1.43. The van der Waals surface area contributed by atoms with E-state index in [1.807, 2.05) is 6.20 Å². The van der Waals surface area contributed by atoms with Crippen LogP contribution in [0.2, 0.25) is 0 Å². The molecule has 0 radical (unpaired) electrons. The summed E-state index contributed by atoms with van der Waals surface area (Å²) in [6.07, 6.45) is 9.74. The van der Waals surface area contributed by atoms with E-state index in [0.29, 0.717) is 6.04 Å². The zero-order chi connectivity index (χ0) is 19.5. The van der Waals surface area contributed by atoms with Gasteiger partial charge in [-0.2, -0.15) is 0 Å². The van der Waals surface area contributed by atoms with Crippen molar-refractivity contribution in [1.82, 2.24) is 19.9 Å². The Kier molecular flexibility index (Phi) is 5.90. The zero-order valence-electron chi connectivity index (χ0n) is 17.5. The second-order valence-corrected chi connectivity index (χ2v) is 8.81. The third-order valence-corrected chi connectivity index (χ3v) is 6.62. The van der Waals surface area contributed by atoms with E-state index < -0.39 is 0 Å². The highest BCUT2D eigenvalue weighted by molar-refractivity contribution is 5.39. The SMILES string of the molecule is CC(C)C1CCN(c2cc(CN(C)C3CCCc4cccnc43)ncn2)CC1. The molecule has 1 saturated heterocycles. The Morgan fingerprint density at radius 1 is 1.14 bits per heavy atom. The maximum Gasteiger partial charge on any atom is 0.132 e. The van der Waals surface area contributed by atoms with Crippen LogP contribution in [-0.2, 0) is 13.0 Å². The van der Waals surface area contributed by atoms with Gasteiger partial charge in [-0.05, 0) is 62.6 Å². The van der Waals surface area contributed by atoms with Gasteiger partial charge in [0.1, 0.15) is 12.1 Å². The van der Waals surface area contributed by atoms with Gasteiger partial charge in [-0.1, -0.05) is 19.9 Å². The van der Waals surface area contributed by atoms with Crippen molar-refractivity contribution >= 4 is 5.82 Å². The van der Waals surface area contributed by atoms with Crippen LogP contribution in [0.5, 0.6) is 0 Å². The minimum atomic E-state index is 0.380. The van der Waals surface area contributed by atoms with Crippen LogP contribution in [0.3, 0.4) is 0 Å². The number of hydrogen-bond donors (Lipinski definition) is 0. The maximum absolute atomic E-state index is 4.69. The molecule has 0 aromatic carbocycles. The Bertz CT molecular complexity index is 782. The van der Waals surface area contributed by atoms with Crippen LogP contribution in [0.1, 0.15) is 62.5 Å². The molecule has 4 rings (SSSR count). The average Bonchev–Trinajstić information content (AvgIpc) is 2.73. The van der Waals surface area contributed by atoms with Gasteiger partial charge in [0.05, 0.1) is 17.4 Å². The summed E-state index contributed by atoms with van der Waals surface area (Å²) in [6.45, 7) is 7.73. The van der Waals surface area contributed by atoms with Crippen LogP contribution in [0.15, 0.2) is 30.7 Å². The molecule has 150 valence electrons. The first-order valence-corrected chi connectivity index (χ1v) is 10.8. The molecule has 3 heterocycles. The van der Waals surface area contributed by atoms with E-state index in [4.69, 9.17) is 4.98 Å². The van der Waals surface area contributed by atoms with Crippen molar-refractivity contribution in [2.45, 2.75) is 58.5 Å². The number of aromatic nitrogens is 3. The standard InChI is InChI=1S/C23H33N5/c1-17(2)18-9-12-28(13-10-18)22-14-20(25-16-26-22)15-27(3)21-8-4-6-19-7-5-11-24-23(19)21/h5,7,11,14,16-18,21H,4,6,8-10,12-13,15H2,1-3H3. The largest absolute Gasteiger partial charge is 0.356 e. The summed E-state index contributed by atoms with van der Waals surface area (Å²) in [4.78, 5) is 18.7. The normalized spacial score (nSPS) is 20.6. The Hall–Kier alpha value is -2.01. The molecule has 1 fully saturated rings. The minimum absolute atomic E-state index is 0.380. The highest BCUT2D eigenvalue weighted by Crippen LogP contribution is 2.33. The molecule has 2 aliphatic rings. The molecule has 0 amide bonds. The average molecular weight is 380 g/mol. The third-order valence-electron chi connectivity index (χ3n) is 6.62. The number of nitrogens with zero attached hydrogens (tertiary/aromatic N) is 5. The minimum Gasteiger partial charge on any atom is -0.356 e. The summed E-state index contributed by atoms with van der Waals surface area (Å²) in [5.74, 6) is 2.72. The fraction of sp³-hybridized carbons (Fsp3) is 0.609. The molecular formula is C23H33N5. The van der Waals surface area contributed by atoms with Crippen molar-refractivity contribution in [3.63, 3.8) is 0 Å². The van der Waals surface area contributed by atoms with Crippen LogP contribution in [-0.4, -0.2) is 40.0 Å². The van der Waals surface area contributed by atoms with Crippen molar-refractivity contribution in [1.29, 1.82) is 0 Å². The fourth-order valence-electron chi connectivity index (χ4n) is 4.82. The van der Waals surface area contributed by atoms with E-state index in [-0.39, 0.29) is 0 Å². The van der Waals surface area contributed by atoms with Crippen molar-refractivity contribution in [3.8, 4) is 0 Å².